The lowest BCUT2D eigenvalue weighted by molar-refractivity contribution is -0.153. The van der Waals surface area contributed by atoms with Crippen LogP contribution in [0.4, 0.5) is 18.9 Å². The van der Waals surface area contributed by atoms with Gasteiger partial charge in [-0.25, -0.2) is 0 Å². The number of hydrogen-bond acceptors (Lipinski definition) is 6. The maximum Gasteiger partial charge on any atom is 0.422 e. The van der Waals surface area contributed by atoms with Crippen molar-refractivity contribution in [1.29, 1.82) is 5.26 Å². The Kier molecular flexibility index (Phi) is 8.79. The fourth-order valence-corrected chi connectivity index (χ4v) is 3.91. The zero-order valence-electron chi connectivity index (χ0n) is 18.9. The quantitative estimate of drug-likeness (QED) is 0.479. The smallest absolute Gasteiger partial charge is 0.422 e. The normalized spacial score (nSPS) is 14.2. The summed E-state index contributed by atoms with van der Waals surface area (Å²) in [6.45, 7) is 2.12. The first-order chi connectivity index (χ1) is 16.3. The Morgan fingerprint density at radius 2 is 1.97 bits per heavy atom. The summed E-state index contributed by atoms with van der Waals surface area (Å²) in [7, 11) is 0. The Hall–Kier alpha value is -3.22. The monoisotopic (exact) mass is 475 g/mol. The second-order valence-electron chi connectivity index (χ2n) is 8.03. The van der Waals surface area contributed by atoms with Crippen molar-refractivity contribution < 1.29 is 27.8 Å². The Labute approximate surface area is 197 Å². The van der Waals surface area contributed by atoms with Crippen molar-refractivity contribution in [2.75, 3.05) is 37.8 Å². The third kappa shape index (κ3) is 7.14. The lowest BCUT2D eigenvalue weighted by Crippen LogP contribution is -2.32. The van der Waals surface area contributed by atoms with Crippen LogP contribution in [0.2, 0.25) is 0 Å². The Balaban J connectivity index is 1.52. The maximum absolute atomic E-state index is 12.4. The third-order valence-electron chi connectivity index (χ3n) is 5.30. The van der Waals surface area contributed by atoms with E-state index < -0.39 is 12.8 Å². The lowest BCUT2D eigenvalue weighted by Gasteiger charge is -2.18. The van der Waals surface area contributed by atoms with Crippen LogP contribution in [0, 0.1) is 11.3 Å². The second kappa shape index (κ2) is 11.8. The number of nitrogens with zero attached hydrogens (tertiary/aromatic N) is 2. The first kappa shape index (κ1) is 25.4. The van der Waals surface area contributed by atoms with Crippen LogP contribution in [-0.4, -0.2) is 50.2 Å². The summed E-state index contributed by atoms with van der Waals surface area (Å²) in [4.78, 5) is 1.99. The van der Waals surface area contributed by atoms with E-state index in [-0.39, 0.29) is 30.8 Å². The molecular formula is C25H28F3N3O3. The Morgan fingerprint density at radius 1 is 1.24 bits per heavy atom. The molecule has 34 heavy (non-hydrogen) atoms. The van der Waals surface area contributed by atoms with E-state index in [1.165, 1.54) is 6.07 Å². The van der Waals surface area contributed by atoms with Crippen molar-refractivity contribution in [2.45, 2.75) is 32.0 Å². The van der Waals surface area contributed by atoms with Gasteiger partial charge in [-0.15, -0.1) is 0 Å². The highest BCUT2D eigenvalue weighted by atomic mass is 19.4. The van der Waals surface area contributed by atoms with Crippen LogP contribution in [-0.2, 0) is 12.8 Å². The molecule has 182 valence electrons. The molecule has 1 atom stereocenters. The molecule has 0 amide bonds. The van der Waals surface area contributed by atoms with E-state index in [2.05, 4.69) is 17.5 Å². The summed E-state index contributed by atoms with van der Waals surface area (Å²) in [5.41, 5.74) is 3.67. The number of alkyl halides is 3. The highest BCUT2D eigenvalue weighted by Crippen LogP contribution is 2.33. The number of rotatable bonds is 11. The molecule has 0 spiro atoms. The molecule has 0 radical (unpaired) electrons. The molecule has 2 aromatic carbocycles. The van der Waals surface area contributed by atoms with Gasteiger partial charge in [-0.05, 0) is 55.2 Å². The molecule has 0 fully saturated rings. The topological polar surface area (TPSA) is 77.8 Å². The molecule has 1 aliphatic rings. The minimum absolute atomic E-state index is 0.0507. The van der Waals surface area contributed by atoms with E-state index >= 15 is 0 Å². The first-order valence-corrected chi connectivity index (χ1v) is 11.1. The van der Waals surface area contributed by atoms with Gasteiger partial charge in [0.15, 0.2) is 18.1 Å². The number of hydrogen-bond donors (Lipinski definition) is 2. The number of aliphatic hydroxyl groups excluding tert-OH is 1. The Bertz CT molecular complexity index is 1030. The number of aliphatic hydroxyl groups is 1. The molecule has 2 aromatic rings. The molecule has 0 saturated carbocycles. The van der Waals surface area contributed by atoms with Crippen molar-refractivity contribution in [3.05, 3.63) is 65.4 Å². The predicted molar refractivity (Wildman–Crippen MR) is 123 cm³/mol. The van der Waals surface area contributed by atoms with Gasteiger partial charge in [0.25, 0.3) is 0 Å². The molecular weight excluding hydrogens is 447 g/mol. The fraction of sp³-hybridized carbons (Fsp3) is 0.400. The third-order valence-corrected chi connectivity index (χ3v) is 5.30. The first-order valence-electron chi connectivity index (χ1n) is 11.1. The van der Waals surface area contributed by atoms with Gasteiger partial charge < -0.3 is 24.8 Å². The molecule has 0 aromatic heterocycles. The van der Waals surface area contributed by atoms with E-state index in [1.54, 1.807) is 24.3 Å². The van der Waals surface area contributed by atoms with Crippen LogP contribution in [0.1, 0.15) is 23.6 Å². The average Bonchev–Trinajstić information content (AvgIpc) is 3.21. The molecule has 0 bridgehead atoms. The van der Waals surface area contributed by atoms with E-state index in [4.69, 9.17) is 14.6 Å². The van der Waals surface area contributed by atoms with Gasteiger partial charge in [0.1, 0.15) is 12.7 Å². The summed E-state index contributed by atoms with van der Waals surface area (Å²) in [5.74, 6) is 0.316. The number of benzene rings is 2. The molecule has 2 N–H and O–H groups in total. The largest absolute Gasteiger partial charge is 0.488 e. The van der Waals surface area contributed by atoms with Crippen LogP contribution in [0.3, 0.4) is 0 Å². The number of nitriles is 1. The van der Waals surface area contributed by atoms with Crippen LogP contribution < -0.4 is 19.7 Å². The highest BCUT2D eigenvalue weighted by Gasteiger charge is 2.29. The van der Waals surface area contributed by atoms with E-state index in [9.17, 15) is 18.4 Å². The van der Waals surface area contributed by atoms with E-state index in [0.717, 1.165) is 29.8 Å². The van der Waals surface area contributed by atoms with Crippen molar-refractivity contribution in [3.8, 4) is 17.6 Å². The molecule has 6 nitrogen and oxygen atoms in total. The Morgan fingerprint density at radius 3 is 2.65 bits per heavy atom. The van der Waals surface area contributed by atoms with Gasteiger partial charge >= 0.3 is 6.18 Å². The zero-order valence-corrected chi connectivity index (χ0v) is 18.9. The molecule has 1 heterocycles. The van der Waals surface area contributed by atoms with Gasteiger partial charge in [0, 0.05) is 25.3 Å². The van der Waals surface area contributed by atoms with E-state index in [1.807, 2.05) is 24.1 Å². The molecule has 3 rings (SSSR count). The number of fused-ring (bicyclic) bond motifs is 1. The summed E-state index contributed by atoms with van der Waals surface area (Å²) in [5, 5.41) is 22.0. The molecule has 0 aliphatic carbocycles. The van der Waals surface area contributed by atoms with E-state index in [0.29, 0.717) is 18.5 Å². The molecule has 9 heteroatoms. The van der Waals surface area contributed by atoms with Crippen LogP contribution in [0.15, 0.2) is 48.7 Å². The molecule has 0 saturated heterocycles. The van der Waals surface area contributed by atoms with Gasteiger partial charge in [-0.2, -0.15) is 18.4 Å². The fourth-order valence-electron chi connectivity index (χ4n) is 3.91. The number of anilines is 1. The van der Waals surface area contributed by atoms with Crippen molar-refractivity contribution in [2.24, 2.45) is 0 Å². The second-order valence-corrected chi connectivity index (χ2v) is 8.03. The van der Waals surface area contributed by atoms with Crippen LogP contribution >= 0.6 is 0 Å². The summed E-state index contributed by atoms with van der Waals surface area (Å²) in [6, 6.07) is 12.7. The average molecular weight is 476 g/mol. The minimum Gasteiger partial charge on any atom is -0.488 e. The van der Waals surface area contributed by atoms with Gasteiger partial charge in [-0.1, -0.05) is 18.2 Å². The standard InChI is InChI=1S/C25H28F3N3O3/c1-18(30-8-12-33-22-5-2-3-6-23(22)34-17-25(26,27)28)13-19-14-20-7-10-31(9-4-11-32)24(20)21(15-19)16-29/h2-6,9,14-15,18,30,32H,7-8,10-13,17H2,1H3/b9-4+/t18-/m1/s1. The summed E-state index contributed by atoms with van der Waals surface area (Å²) < 4.78 is 47.7. The zero-order chi connectivity index (χ0) is 24.6. The number of para-hydroxylation sites is 2. The maximum atomic E-state index is 12.4. The minimum atomic E-state index is -4.42. The predicted octanol–water partition coefficient (Wildman–Crippen LogP) is 3.97. The summed E-state index contributed by atoms with van der Waals surface area (Å²) >= 11 is 0. The summed E-state index contributed by atoms with van der Waals surface area (Å²) in [6.07, 6.45) is 0.586. The number of ether oxygens (including phenoxy) is 2. The van der Waals surface area contributed by atoms with Crippen LogP contribution in [0.5, 0.6) is 11.5 Å². The van der Waals surface area contributed by atoms with Crippen molar-refractivity contribution in [3.63, 3.8) is 0 Å². The number of nitrogens with one attached hydrogen (secondary N) is 1. The highest BCUT2D eigenvalue weighted by molar-refractivity contribution is 5.70. The van der Waals surface area contributed by atoms with Crippen LogP contribution in [0.25, 0.3) is 0 Å². The SMILES string of the molecule is C[C@H](Cc1cc(C#N)c2c(c1)CCN2/C=C/CO)NCCOc1ccccc1OCC(F)(F)F. The van der Waals surface area contributed by atoms with Crippen molar-refractivity contribution >= 4 is 5.69 Å². The number of halogens is 3. The van der Waals surface area contributed by atoms with Gasteiger partial charge in [0.2, 0.25) is 0 Å². The lowest BCUT2D eigenvalue weighted by atomic mass is 9.99. The molecule has 1 aliphatic heterocycles. The van der Waals surface area contributed by atoms with Gasteiger partial charge in [-0.3, -0.25) is 0 Å². The molecule has 0 unspecified atom stereocenters. The van der Waals surface area contributed by atoms with Crippen molar-refractivity contribution in [1.82, 2.24) is 5.32 Å². The van der Waals surface area contributed by atoms with Gasteiger partial charge in [0.05, 0.1) is 17.9 Å².